The van der Waals surface area contributed by atoms with E-state index in [-0.39, 0.29) is 12.3 Å². The summed E-state index contributed by atoms with van der Waals surface area (Å²) in [6.07, 6.45) is 3.01. The number of nitrogens with one attached hydrogen (secondary N) is 1. The fourth-order valence-electron chi connectivity index (χ4n) is 4.14. The number of aryl methyl sites for hydroxylation is 1. The predicted octanol–water partition coefficient (Wildman–Crippen LogP) is 5.34. The number of benzene rings is 2. The molecule has 0 saturated carbocycles. The molecule has 2 aromatic carbocycles. The number of hydrogen-bond donors (Lipinski definition) is 1. The largest absolute Gasteiger partial charge is 0.494 e. The third-order valence-electron chi connectivity index (χ3n) is 6.14. The van der Waals surface area contributed by atoms with Crippen molar-refractivity contribution in [2.24, 2.45) is 5.92 Å². The Morgan fingerprint density at radius 2 is 1.83 bits per heavy atom. The van der Waals surface area contributed by atoms with Gasteiger partial charge in [0, 0.05) is 43.2 Å². The molecule has 4 rings (SSSR count). The maximum Gasteiger partial charge on any atom is 0.227 e. The SMILES string of the molecule is CCOc1ccc(OCC)c(NC(=O)CCc2nc(-c3ccc(N4CCC(C)CC4)cc3)no2)c1. The summed E-state index contributed by atoms with van der Waals surface area (Å²) >= 11 is 0. The highest BCUT2D eigenvalue weighted by Gasteiger charge is 2.17. The molecule has 1 aliphatic rings. The summed E-state index contributed by atoms with van der Waals surface area (Å²) < 4.78 is 16.6. The lowest BCUT2D eigenvalue weighted by Gasteiger charge is -2.32. The van der Waals surface area contributed by atoms with Crippen molar-refractivity contribution in [2.45, 2.75) is 46.5 Å². The number of aromatic nitrogens is 2. The number of ether oxygens (including phenoxy) is 2. The second-order valence-corrected chi connectivity index (χ2v) is 8.80. The van der Waals surface area contributed by atoms with Crippen molar-refractivity contribution in [2.75, 3.05) is 36.5 Å². The van der Waals surface area contributed by atoms with Gasteiger partial charge in [0.05, 0.1) is 18.9 Å². The highest BCUT2D eigenvalue weighted by Crippen LogP contribution is 2.30. The maximum absolute atomic E-state index is 12.6. The van der Waals surface area contributed by atoms with E-state index in [1.807, 2.05) is 32.0 Å². The molecule has 0 aliphatic carbocycles. The molecule has 3 aromatic rings. The Hall–Kier alpha value is -3.55. The van der Waals surface area contributed by atoms with Crippen LogP contribution in [0.5, 0.6) is 11.5 Å². The maximum atomic E-state index is 12.6. The van der Waals surface area contributed by atoms with Crippen molar-refractivity contribution in [3.63, 3.8) is 0 Å². The van der Waals surface area contributed by atoms with E-state index in [2.05, 4.69) is 39.4 Å². The number of piperidine rings is 1. The molecule has 35 heavy (non-hydrogen) atoms. The van der Waals surface area contributed by atoms with Gasteiger partial charge in [-0.05, 0) is 69.0 Å². The molecule has 1 fully saturated rings. The summed E-state index contributed by atoms with van der Waals surface area (Å²) in [6.45, 7) is 9.36. The Labute approximate surface area is 206 Å². The van der Waals surface area contributed by atoms with Crippen LogP contribution in [0.2, 0.25) is 0 Å². The van der Waals surface area contributed by atoms with Crippen molar-refractivity contribution in [3.8, 4) is 22.9 Å². The Morgan fingerprint density at radius 1 is 1.09 bits per heavy atom. The fraction of sp³-hybridized carbons (Fsp3) is 0.444. The van der Waals surface area contributed by atoms with Crippen LogP contribution in [-0.2, 0) is 11.2 Å². The number of amides is 1. The molecule has 0 bridgehead atoms. The first-order valence-electron chi connectivity index (χ1n) is 12.4. The Kier molecular flexibility index (Phi) is 8.23. The fourth-order valence-corrected chi connectivity index (χ4v) is 4.14. The Balaban J connectivity index is 1.33. The predicted molar refractivity (Wildman–Crippen MR) is 136 cm³/mol. The van der Waals surface area contributed by atoms with Crippen LogP contribution in [0.25, 0.3) is 11.4 Å². The number of nitrogens with zero attached hydrogens (tertiary/aromatic N) is 3. The monoisotopic (exact) mass is 478 g/mol. The minimum atomic E-state index is -0.167. The van der Waals surface area contributed by atoms with E-state index in [0.717, 1.165) is 24.6 Å². The highest BCUT2D eigenvalue weighted by atomic mass is 16.5. The average Bonchev–Trinajstić information content (AvgIpc) is 3.34. The first-order chi connectivity index (χ1) is 17.1. The summed E-state index contributed by atoms with van der Waals surface area (Å²) in [6, 6.07) is 13.7. The molecule has 0 spiro atoms. The molecule has 0 unspecified atom stereocenters. The minimum absolute atomic E-state index is 0.167. The summed E-state index contributed by atoms with van der Waals surface area (Å²) in [5.74, 6) is 2.87. The van der Waals surface area contributed by atoms with E-state index in [1.54, 1.807) is 12.1 Å². The molecule has 1 amide bonds. The van der Waals surface area contributed by atoms with Gasteiger partial charge in [0.15, 0.2) is 0 Å². The van der Waals surface area contributed by atoms with E-state index in [9.17, 15) is 4.79 Å². The minimum Gasteiger partial charge on any atom is -0.494 e. The molecule has 1 N–H and O–H groups in total. The zero-order chi connectivity index (χ0) is 24.6. The van der Waals surface area contributed by atoms with Crippen LogP contribution in [0, 0.1) is 5.92 Å². The smallest absolute Gasteiger partial charge is 0.227 e. The number of carbonyl (C=O) groups excluding carboxylic acids is 1. The lowest BCUT2D eigenvalue weighted by molar-refractivity contribution is -0.116. The number of carbonyl (C=O) groups is 1. The van der Waals surface area contributed by atoms with Crippen molar-refractivity contribution in [1.29, 1.82) is 0 Å². The van der Waals surface area contributed by atoms with Crippen LogP contribution in [0.3, 0.4) is 0 Å². The third kappa shape index (κ3) is 6.53. The molecule has 1 saturated heterocycles. The number of rotatable bonds is 10. The topological polar surface area (TPSA) is 89.7 Å². The summed E-state index contributed by atoms with van der Waals surface area (Å²) in [7, 11) is 0. The van der Waals surface area contributed by atoms with Gasteiger partial charge < -0.3 is 24.2 Å². The summed E-state index contributed by atoms with van der Waals surface area (Å²) in [5.41, 5.74) is 2.70. The molecule has 0 radical (unpaired) electrons. The Bertz CT molecular complexity index is 1100. The molecule has 1 aromatic heterocycles. The molecule has 186 valence electrons. The van der Waals surface area contributed by atoms with Crippen molar-refractivity contribution in [1.82, 2.24) is 10.1 Å². The quantitative estimate of drug-likeness (QED) is 0.420. The van der Waals surface area contributed by atoms with Gasteiger partial charge in [-0.3, -0.25) is 4.79 Å². The lowest BCUT2D eigenvalue weighted by Crippen LogP contribution is -2.32. The third-order valence-corrected chi connectivity index (χ3v) is 6.14. The van der Waals surface area contributed by atoms with Crippen LogP contribution in [0.4, 0.5) is 11.4 Å². The van der Waals surface area contributed by atoms with E-state index in [0.29, 0.717) is 48.5 Å². The van der Waals surface area contributed by atoms with Gasteiger partial charge >= 0.3 is 0 Å². The molecular weight excluding hydrogens is 444 g/mol. The molecule has 8 nitrogen and oxygen atoms in total. The molecule has 1 aliphatic heterocycles. The van der Waals surface area contributed by atoms with Gasteiger partial charge in [-0.15, -0.1) is 0 Å². The molecule has 0 atom stereocenters. The van der Waals surface area contributed by atoms with E-state index >= 15 is 0 Å². The van der Waals surface area contributed by atoms with E-state index in [4.69, 9.17) is 14.0 Å². The van der Waals surface area contributed by atoms with Crippen LogP contribution >= 0.6 is 0 Å². The van der Waals surface area contributed by atoms with Crippen LogP contribution < -0.4 is 19.7 Å². The standard InChI is InChI=1S/C27H34N4O4/c1-4-33-22-10-11-24(34-5-2)23(18-22)28-25(32)12-13-26-29-27(30-35-26)20-6-8-21(9-7-20)31-16-14-19(3)15-17-31/h6-11,18-19H,4-5,12-17H2,1-3H3,(H,28,32). The van der Waals surface area contributed by atoms with Crippen molar-refractivity contribution in [3.05, 3.63) is 48.4 Å². The Morgan fingerprint density at radius 3 is 2.54 bits per heavy atom. The number of anilines is 2. The van der Waals surface area contributed by atoms with E-state index in [1.165, 1.54) is 18.5 Å². The molecule has 8 heteroatoms. The van der Waals surface area contributed by atoms with Gasteiger partial charge in [0.1, 0.15) is 11.5 Å². The second kappa shape index (κ2) is 11.7. The van der Waals surface area contributed by atoms with Crippen molar-refractivity contribution < 1.29 is 18.8 Å². The second-order valence-electron chi connectivity index (χ2n) is 8.80. The molecule has 2 heterocycles. The van der Waals surface area contributed by atoms with Gasteiger partial charge in [-0.25, -0.2) is 0 Å². The molecular formula is C27H34N4O4. The summed E-state index contributed by atoms with van der Waals surface area (Å²) in [5, 5.41) is 7.01. The van der Waals surface area contributed by atoms with Crippen molar-refractivity contribution >= 4 is 17.3 Å². The number of hydrogen-bond acceptors (Lipinski definition) is 7. The zero-order valence-corrected chi connectivity index (χ0v) is 20.8. The zero-order valence-electron chi connectivity index (χ0n) is 20.8. The lowest BCUT2D eigenvalue weighted by atomic mass is 9.98. The first-order valence-corrected chi connectivity index (χ1v) is 12.4. The van der Waals surface area contributed by atoms with Gasteiger partial charge in [-0.2, -0.15) is 4.98 Å². The summed E-state index contributed by atoms with van der Waals surface area (Å²) in [4.78, 5) is 19.5. The van der Waals surface area contributed by atoms with E-state index < -0.39 is 0 Å². The normalized spacial score (nSPS) is 14.1. The highest BCUT2D eigenvalue weighted by molar-refractivity contribution is 5.92. The van der Waals surface area contributed by atoms with Gasteiger partial charge in [0.25, 0.3) is 0 Å². The van der Waals surface area contributed by atoms with Crippen LogP contribution in [0.1, 0.15) is 45.9 Å². The van der Waals surface area contributed by atoms with Gasteiger partial charge in [0.2, 0.25) is 17.6 Å². The first kappa shape index (κ1) is 24.6. The van der Waals surface area contributed by atoms with Crippen LogP contribution in [0.15, 0.2) is 47.0 Å². The van der Waals surface area contributed by atoms with Gasteiger partial charge in [-0.1, -0.05) is 12.1 Å². The average molecular weight is 479 g/mol. The van der Waals surface area contributed by atoms with Crippen LogP contribution in [-0.4, -0.2) is 42.4 Å².